The highest BCUT2D eigenvalue weighted by molar-refractivity contribution is 5.57. The van der Waals surface area contributed by atoms with Gasteiger partial charge in [-0.25, -0.2) is 0 Å². The summed E-state index contributed by atoms with van der Waals surface area (Å²) in [6.07, 6.45) is 1.04. The molecule has 78 valence electrons. The van der Waals surface area contributed by atoms with E-state index in [4.69, 9.17) is 4.74 Å². The normalized spacial score (nSPS) is 9.93. The maximum atomic E-state index is 5.66. The minimum absolute atomic E-state index is 0.780. The standard InChI is InChI=1S/C12H19NO/c1-4-8-14-12-9-10(3)6-7-11(12)13-5-2/h6-7,9,13H,4-5,8H2,1-3H3. The fraction of sp³-hybridized carbons (Fsp3) is 0.500. The van der Waals surface area contributed by atoms with E-state index in [1.165, 1.54) is 5.56 Å². The lowest BCUT2D eigenvalue weighted by Crippen LogP contribution is -2.02. The third-order valence-corrected chi connectivity index (χ3v) is 1.97. The van der Waals surface area contributed by atoms with Gasteiger partial charge in [-0.1, -0.05) is 13.0 Å². The summed E-state index contributed by atoms with van der Waals surface area (Å²) in [4.78, 5) is 0. The predicted octanol–water partition coefficient (Wildman–Crippen LogP) is 3.22. The molecule has 0 aliphatic carbocycles. The van der Waals surface area contributed by atoms with E-state index in [1.54, 1.807) is 0 Å². The zero-order chi connectivity index (χ0) is 10.4. The predicted molar refractivity (Wildman–Crippen MR) is 61.1 cm³/mol. The first-order valence-corrected chi connectivity index (χ1v) is 5.25. The summed E-state index contributed by atoms with van der Waals surface area (Å²) < 4.78 is 5.66. The molecule has 1 rings (SSSR count). The zero-order valence-electron chi connectivity index (χ0n) is 9.26. The average Bonchev–Trinajstić information content (AvgIpc) is 2.18. The first-order chi connectivity index (χ1) is 6.77. The molecule has 14 heavy (non-hydrogen) atoms. The molecule has 2 nitrogen and oxygen atoms in total. The monoisotopic (exact) mass is 193 g/mol. The maximum Gasteiger partial charge on any atom is 0.142 e. The van der Waals surface area contributed by atoms with Gasteiger partial charge < -0.3 is 10.1 Å². The summed E-state index contributed by atoms with van der Waals surface area (Å²) >= 11 is 0. The molecule has 0 amide bonds. The summed E-state index contributed by atoms with van der Waals surface area (Å²) in [6.45, 7) is 7.98. The molecule has 0 aliphatic heterocycles. The Hall–Kier alpha value is -1.18. The van der Waals surface area contributed by atoms with Gasteiger partial charge in [0.05, 0.1) is 12.3 Å². The van der Waals surface area contributed by atoms with Crippen LogP contribution in [0.5, 0.6) is 5.75 Å². The second-order valence-corrected chi connectivity index (χ2v) is 3.38. The summed E-state index contributed by atoms with van der Waals surface area (Å²) in [6, 6.07) is 6.24. The molecule has 2 heteroatoms. The van der Waals surface area contributed by atoms with E-state index in [0.29, 0.717) is 0 Å². The Bertz CT molecular complexity index is 284. The van der Waals surface area contributed by atoms with E-state index in [0.717, 1.165) is 31.0 Å². The molecule has 0 saturated carbocycles. The van der Waals surface area contributed by atoms with E-state index in [2.05, 4.69) is 44.3 Å². The molecule has 1 aromatic rings. The first-order valence-electron chi connectivity index (χ1n) is 5.25. The van der Waals surface area contributed by atoms with Crippen LogP contribution in [0.25, 0.3) is 0 Å². The van der Waals surface area contributed by atoms with Gasteiger partial charge in [0.2, 0.25) is 0 Å². The molecule has 0 fully saturated rings. The van der Waals surface area contributed by atoms with E-state index in [-0.39, 0.29) is 0 Å². The number of anilines is 1. The number of rotatable bonds is 5. The molecule has 0 bridgehead atoms. The zero-order valence-corrected chi connectivity index (χ0v) is 9.26. The van der Waals surface area contributed by atoms with Crippen molar-refractivity contribution < 1.29 is 4.74 Å². The third-order valence-electron chi connectivity index (χ3n) is 1.97. The van der Waals surface area contributed by atoms with E-state index in [1.807, 2.05) is 0 Å². The van der Waals surface area contributed by atoms with Gasteiger partial charge in [-0.15, -0.1) is 0 Å². The Balaban J connectivity index is 2.79. The van der Waals surface area contributed by atoms with Crippen LogP contribution in [0.2, 0.25) is 0 Å². The topological polar surface area (TPSA) is 21.3 Å². The third kappa shape index (κ3) is 2.95. The number of hydrogen-bond acceptors (Lipinski definition) is 2. The van der Waals surface area contributed by atoms with Crippen molar-refractivity contribution >= 4 is 5.69 Å². The van der Waals surface area contributed by atoms with Crippen molar-refractivity contribution in [2.75, 3.05) is 18.5 Å². The molecule has 0 heterocycles. The van der Waals surface area contributed by atoms with E-state index in [9.17, 15) is 0 Å². The fourth-order valence-electron chi connectivity index (χ4n) is 1.30. The highest BCUT2D eigenvalue weighted by Crippen LogP contribution is 2.25. The molecule has 0 spiro atoms. The largest absolute Gasteiger partial charge is 0.491 e. The van der Waals surface area contributed by atoms with Crippen LogP contribution in [-0.4, -0.2) is 13.2 Å². The highest BCUT2D eigenvalue weighted by Gasteiger charge is 2.01. The lowest BCUT2D eigenvalue weighted by Gasteiger charge is -2.12. The molecule has 0 unspecified atom stereocenters. The molecule has 0 atom stereocenters. The second-order valence-electron chi connectivity index (χ2n) is 3.38. The quantitative estimate of drug-likeness (QED) is 0.775. The van der Waals surface area contributed by atoms with Crippen molar-refractivity contribution in [3.05, 3.63) is 23.8 Å². The van der Waals surface area contributed by atoms with Crippen molar-refractivity contribution in [3.8, 4) is 5.75 Å². The van der Waals surface area contributed by atoms with Crippen LogP contribution in [-0.2, 0) is 0 Å². The fourth-order valence-corrected chi connectivity index (χ4v) is 1.30. The summed E-state index contributed by atoms with van der Waals surface area (Å²) in [5, 5.41) is 3.29. The van der Waals surface area contributed by atoms with Crippen molar-refractivity contribution in [1.29, 1.82) is 0 Å². The summed E-state index contributed by atoms with van der Waals surface area (Å²) in [7, 11) is 0. The lowest BCUT2D eigenvalue weighted by molar-refractivity contribution is 0.318. The highest BCUT2D eigenvalue weighted by atomic mass is 16.5. The maximum absolute atomic E-state index is 5.66. The Labute approximate surface area is 86.3 Å². The Morgan fingerprint density at radius 2 is 2.07 bits per heavy atom. The van der Waals surface area contributed by atoms with Crippen molar-refractivity contribution in [3.63, 3.8) is 0 Å². The summed E-state index contributed by atoms with van der Waals surface area (Å²) in [5.74, 6) is 0.966. The van der Waals surface area contributed by atoms with Gasteiger partial charge in [-0.05, 0) is 38.0 Å². The number of hydrogen-bond donors (Lipinski definition) is 1. The van der Waals surface area contributed by atoms with Gasteiger partial charge in [0, 0.05) is 6.54 Å². The van der Waals surface area contributed by atoms with Gasteiger partial charge in [-0.3, -0.25) is 0 Å². The van der Waals surface area contributed by atoms with Crippen LogP contribution in [0.15, 0.2) is 18.2 Å². The summed E-state index contributed by atoms with van der Waals surface area (Å²) in [5.41, 5.74) is 2.32. The van der Waals surface area contributed by atoms with Crippen LogP contribution in [0, 0.1) is 6.92 Å². The van der Waals surface area contributed by atoms with Gasteiger partial charge in [-0.2, -0.15) is 0 Å². The van der Waals surface area contributed by atoms with Crippen molar-refractivity contribution in [2.45, 2.75) is 27.2 Å². The first kappa shape index (κ1) is 10.9. The van der Waals surface area contributed by atoms with Gasteiger partial charge >= 0.3 is 0 Å². The van der Waals surface area contributed by atoms with E-state index >= 15 is 0 Å². The van der Waals surface area contributed by atoms with Crippen molar-refractivity contribution in [1.82, 2.24) is 0 Å². The van der Waals surface area contributed by atoms with Gasteiger partial charge in [0.25, 0.3) is 0 Å². The minimum Gasteiger partial charge on any atom is -0.491 e. The molecular weight excluding hydrogens is 174 g/mol. The minimum atomic E-state index is 0.780. The number of benzene rings is 1. The van der Waals surface area contributed by atoms with Crippen molar-refractivity contribution in [2.24, 2.45) is 0 Å². The molecule has 0 saturated heterocycles. The lowest BCUT2D eigenvalue weighted by atomic mass is 10.2. The number of aryl methyl sites for hydroxylation is 1. The van der Waals surface area contributed by atoms with Crippen LogP contribution in [0.1, 0.15) is 25.8 Å². The molecule has 0 aromatic heterocycles. The van der Waals surface area contributed by atoms with Crippen LogP contribution in [0.3, 0.4) is 0 Å². The van der Waals surface area contributed by atoms with Crippen LogP contribution in [0.4, 0.5) is 5.69 Å². The number of nitrogens with one attached hydrogen (secondary N) is 1. The van der Waals surface area contributed by atoms with Crippen LogP contribution < -0.4 is 10.1 Å². The molecule has 1 aromatic carbocycles. The Morgan fingerprint density at radius 3 is 2.71 bits per heavy atom. The molecule has 1 N–H and O–H groups in total. The molecule has 0 aliphatic rings. The molecular formula is C12H19NO. The van der Waals surface area contributed by atoms with Crippen LogP contribution >= 0.6 is 0 Å². The molecule has 0 radical (unpaired) electrons. The smallest absolute Gasteiger partial charge is 0.142 e. The second kappa shape index (κ2) is 5.53. The van der Waals surface area contributed by atoms with E-state index < -0.39 is 0 Å². The Kier molecular flexibility index (Phi) is 4.30. The Morgan fingerprint density at radius 1 is 1.29 bits per heavy atom. The SMILES string of the molecule is CCCOc1cc(C)ccc1NCC. The average molecular weight is 193 g/mol. The van der Waals surface area contributed by atoms with Gasteiger partial charge in [0.15, 0.2) is 0 Å². The number of ether oxygens (including phenoxy) is 1. The van der Waals surface area contributed by atoms with Gasteiger partial charge in [0.1, 0.15) is 5.75 Å².